The molecule has 5 nitrogen and oxygen atoms in total. The van der Waals surface area contributed by atoms with Gasteiger partial charge in [0.2, 0.25) is 0 Å². The van der Waals surface area contributed by atoms with Gasteiger partial charge in [0, 0.05) is 6.04 Å². The van der Waals surface area contributed by atoms with E-state index in [4.69, 9.17) is 0 Å². The molecule has 1 aromatic heterocycles. The van der Waals surface area contributed by atoms with Gasteiger partial charge in [-0.1, -0.05) is 19.1 Å². The molecule has 1 aliphatic carbocycles. The average Bonchev–Trinajstić information content (AvgIpc) is 2.94. The zero-order valence-corrected chi connectivity index (χ0v) is 11.3. The van der Waals surface area contributed by atoms with Crippen LogP contribution >= 0.6 is 0 Å². The maximum Gasteiger partial charge on any atom is 0.143 e. The molecular weight excluding hydrogens is 238 g/mol. The van der Waals surface area contributed by atoms with Crippen LogP contribution < -0.4 is 5.32 Å². The number of benzene rings is 1. The van der Waals surface area contributed by atoms with Gasteiger partial charge < -0.3 is 5.32 Å². The predicted octanol–water partition coefficient (Wildman–Crippen LogP) is 1.97. The Morgan fingerprint density at radius 1 is 1.47 bits per heavy atom. The molecule has 0 radical (unpaired) electrons. The largest absolute Gasteiger partial charge is 0.310 e. The fourth-order valence-corrected chi connectivity index (χ4v) is 2.35. The summed E-state index contributed by atoms with van der Waals surface area (Å²) < 4.78 is 1.68. The molecule has 1 heterocycles. The Morgan fingerprint density at radius 3 is 3.00 bits per heavy atom. The Kier molecular flexibility index (Phi) is 3.29. The summed E-state index contributed by atoms with van der Waals surface area (Å²) in [6.45, 7) is 5.62. The van der Waals surface area contributed by atoms with Crippen LogP contribution in [0.2, 0.25) is 0 Å². The van der Waals surface area contributed by atoms with Gasteiger partial charge in [0.1, 0.15) is 6.33 Å². The third-order valence-corrected chi connectivity index (χ3v) is 3.95. The van der Waals surface area contributed by atoms with Gasteiger partial charge in [-0.25, -0.2) is 4.68 Å². The van der Waals surface area contributed by atoms with Crippen molar-refractivity contribution < 1.29 is 0 Å². The SMILES string of the molecule is CC(NCC1CC1C)c1cccc(-n2cnnn2)c1. The Hall–Kier alpha value is -1.75. The number of nitrogens with zero attached hydrogens (tertiary/aromatic N) is 4. The Morgan fingerprint density at radius 2 is 2.32 bits per heavy atom. The highest BCUT2D eigenvalue weighted by molar-refractivity contribution is 5.35. The lowest BCUT2D eigenvalue weighted by molar-refractivity contribution is 0.535. The zero-order valence-electron chi connectivity index (χ0n) is 11.3. The molecule has 0 amide bonds. The van der Waals surface area contributed by atoms with Crippen LogP contribution in [0.4, 0.5) is 0 Å². The lowest BCUT2D eigenvalue weighted by Crippen LogP contribution is -2.21. The normalized spacial score (nSPS) is 23.3. The number of hydrogen-bond donors (Lipinski definition) is 1. The van der Waals surface area contributed by atoms with Crippen LogP contribution in [0.1, 0.15) is 31.9 Å². The summed E-state index contributed by atoms with van der Waals surface area (Å²) in [6, 6.07) is 8.68. The van der Waals surface area contributed by atoms with E-state index in [0.29, 0.717) is 6.04 Å². The molecule has 3 unspecified atom stereocenters. The van der Waals surface area contributed by atoms with E-state index in [1.807, 2.05) is 12.1 Å². The van der Waals surface area contributed by atoms with Gasteiger partial charge in [-0.2, -0.15) is 0 Å². The first-order valence-corrected chi connectivity index (χ1v) is 6.81. The summed E-state index contributed by atoms with van der Waals surface area (Å²) >= 11 is 0. The highest BCUT2D eigenvalue weighted by atomic mass is 15.5. The smallest absolute Gasteiger partial charge is 0.143 e. The van der Waals surface area contributed by atoms with Crippen molar-refractivity contribution in [2.24, 2.45) is 11.8 Å². The fourth-order valence-electron chi connectivity index (χ4n) is 2.35. The molecule has 1 aromatic carbocycles. The molecule has 3 atom stereocenters. The van der Waals surface area contributed by atoms with Crippen molar-refractivity contribution in [2.75, 3.05) is 6.54 Å². The van der Waals surface area contributed by atoms with Gasteiger partial charge in [-0.3, -0.25) is 0 Å². The second-order valence-corrected chi connectivity index (χ2v) is 5.45. The van der Waals surface area contributed by atoms with Crippen LogP contribution in [-0.2, 0) is 0 Å². The van der Waals surface area contributed by atoms with E-state index in [9.17, 15) is 0 Å². The minimum absolute atomic E-state index is 0.351. The van der Waals surface area contributed by atoms with Crippen molar-refractivity contribution in [3.63, 3.8) is 0 Å². The first kappa shape index (κ1) is 12.3. The van der Waals surface area contributed by atoms with E-state index < -0.39 is 0 Å². The highest BCUT2D eigenvalue weighted by Gasteiger charge is 2.32. The summed E-state index contributed by atoms with van der Waals surface area (Å²) in [5.41, 5.74) is 2.26. The molecule has 0 bridgehead atoms. The molecule has 19 heavy (non-hydrogen) atoms. The number of nitrogens with one attached hydrogen (secondary N) is 1. The van der Waals surface area contributed by atoms with E-state index in [-0.39, 0.29) is 0 Å². The molecule has 1 saturated carbocycles. The van der Waals surface area contributed by atoms with Gasteiger partial charge in [-0.05, 0) is 59.8 Å². The maximum atomic E-state index is 3.92. The van der Waals surface area contributed by atoms with Gasteiger partial charge in [-0.15, -0.1) is 5.10 Å². The summed E-state index contributed by atoms with van der Waals surface area (Å²) in [7, 11) is 0. The first-order chi connectivity index (χ1) is 9.24. The third-order valence-electron chi connectivity index (χ3n) is 3.95. The molecule has 2 aromatic rings. The summed E-state index contributed by atoms with van der Waals surface area (Å²) in [5, 5.41) is 14.9. The number of hydrogen-bond acceptors (Lipinski definition) is 4. The molecule has 100 valence electrons. The van der Waals surface area contributed by atoms with Crippen molar-refractivity contribution in [3.8, 4) is 5.69 Å². The van der Waals surface area contributed by atoms with Gasteiger partial charge in [0.15, 0.2) is 0 Å². The maximum absolute atomic E-state index is 3.92. The van der Waals surface area contributed by atoms with Crippen molar-refractivity contribution in [3.05, 3.63) is 36.2 Å². The van der Waals surface area contributed by atoms with Crippen LogP contribution in [0.15, 0.2) is 30.6 Å². The quantitative estimate of drug-likeness (QED) is 0.889. The Bertz CT molecular complexity index is 537. The van der Waals surface area contributed by atoms with Crippen molar-refractivity contribution >= 4 is 0 Å². The number of aromatic nitrogens is 4. The van der Waals surface area contributed by atoms with Crippen molar-refractivity contribution in [1.82, 2.24) is 25.5 Å². The van der Waals surface area contributed by atoms with Gasteiger partial charge in [0.25, 0.3) is 0 Å². The molecule has 0 spiro atoms. The van der Waals surface area contributed by atoms with E-state index in [1.165, 1.54) is 12.0 Å². The minimum atomic E-state index is 0.351. The number of rotatable bonds is 5. The molecule has 1 aliphatic rings. The van der Waals surface area contributed by atoms with Crippen LogP contribution in [0, 0.1) is 11.8 Å². The molecule has 3 rings (SSSR count). The van der Waals surface area contributed by atoms with Crippen LogP contribution in [0.5, 0.6) is 0 Å². The second kappa shape index (κ2) is 5.09. The second-order valence-electron chi connectivity index (χ2n) is 5.45. The van der Waals surface area contributed by atoms with E-state index in [1.54, 1.807) is 11.0 Å². The highest BCUT2D eigenvalue weighted by Crippen LogP contribution is 2.37. The zero-order chi connectivity index (χ0) is 13.2. The van der Waals surface area contributed by atoms with Crippen molar-refractivity contribution in [1.29, 1.82) is 0 Å². The first-order valence-electron chi connectivity index (χ1n) is 6.81. The standard InChI is InChI=1S/C14H19N5/c1-10-6-13(10)8-15-11(2)12-4-3-5-14(7-12)19-9-16-17-18-19/h3-5,7,9-11,13,15H,6,8H2,1-2H3. The third kappa shape index (κ3) is 2.81. The topological polar surface area (TPSA) is 55.6 Å². The summed E-state index contributed by atoms with van der Waals surface area (Å²) in [5.74, 6) is 1.76. The molecule has 1 N–H and O–H groups in total. The fraction of sp³-hybridized carbons (Fsp3) is 0.500. The molecule has 0 aliphatic heterocycles. The number of tetrazole rings is 1. The van der Waals surface area contributed by atoms with E-state index in [2.05, 4.69) is 46.8 Å². The minimum Gasteiger partial charge on any atom is -0.310 e. The molecular formula is C14H19N5. The average molecular weight is 257 g/mol. The molecule has 0 saturated heterocycles. The summed E-state index contributed by atoms with van der Waals surface area (Å²) in [4.78, 5) is 0. The lowest BCUT2D eigenvalue weighted by atomic mass is 10.1. The monoisotopic (exact) mass is 257 g/mol. The predicted molar refractivity (Wildman–Crippen MR) is 72.8 cm³/mol. The Labute approximate surface area is 113 Å². The van der Waals surface area contributed by atoms with E-state index >= 15 is 0 Å². The lowest BCUT2D eigenvalue weighted by Gasteiger charge is -2.15. The molecule has 5 heteroatoms. The molecule has 1 fully saturated rings. The van der Waals surface area contributed by atoms with Gasteiger partial charge in [0.05, 0.1) is 5.69 Å². The van der Waals surface area contributed by atoms with Crippen LogP contribution in [0.3, 0.4) is 0 Å². The van der Waals surface area contributed by atoms with E-state index in [0.717, 1.165) is 24.1 Å². The van der Waals surface area contributed by atoms with Crippen molar-refractivity contribution in [2.45, 2.75) is 26.3 Å². The van der Waals surface area contributed by atoms with Crippen LogP contribution in [0.25, 0.3) is 5.69 Å². The van der Waals surface area contributed by atoms with Gasteiger partial charge >= 0.3 is 0 Å². The summed E-state index contributed by atoms with van der Waals surface area (Å²) in [6.07, 6.45) is 2.98. The Balaban J connectivity index is 1.68. The van der Waals surface area contributed by atoms with Crippen LogP contribution in [-0.4, -0.2) is 26.8 Å².